The summed E-state index contributed by atoms with van der Waals surface area (Å²) in [4.78, 5) is 21.3. The van der Waals surface area contributed by atoms with Gasteiger partial charge in [-0.25, -0.2) is 14.8 Å². The number of hydrogen-bond acceptors (Lipinski definition) is 4. The van der Waals surface area contributed by atoms with Crippen molar-refractivity contribution in [3.8, 4) is 0 Å². The number of rotatable bonds is 3. The molecule has 2 aromatic rings. The summed E-state index contributed by atoms with van der Waals surface area (Å²) in [6.45, 7) is 1.90. The molecule has 0 aliphatic rings. The summed E-state index contributed by atoms with van der Waals surface area (Å²) in [7, 11) is 3.39. The second-order valence-corrected chi connectivity index (χ2v) is 4.58. The summed E-state index contributed by atoms with van der Waals surface area (Å²) in [5.74, 6) is 0.716. The number of anilines is 3. The minimum absolute atomic E-state index is 0.167. The number of aryl methyl sites for hydroxylation is 1. The van der Waals surface area contributed by atoms with Gasteiger partial charge >= 0.3 is 6.03 Å². The smallest absolute Gasteiger partial charge is 0.321 e. The van der Waals surface area contributed by atoms with Crippen LogP contribution in [0.2, 0.25) is 0 Å². The van der Waals surface area contributed by atoms with E-state index in [1.54, 1.807) is 14.1 Å². The fourth-order valence-corrected chi connectivity index (χ4v) is 1.58. The van der Waals surface area contributed by atoms with Gasteiger partial charge in [-0.15, -0.1) is 0 Å². The molecular formula is C14H17N5O. The Labute approximate surface area is 117 Å². The maximum absolute atomic E-state index is 11.6. The molecule has 0 aliphatic carbocycles. The molecule has 2 rings (SSSR count). The number of aromatic nitrogens is 2. The zero-order valence-corrected chi connectivity index (χ0v) is 11.7. The Balaban J connectivity index is 2.12. The highest BCUT2D eigenvalue weighted by molar-refractivity contribution is 5.89. The molecule has 2 amide bonds. The summed E-state index contributed by atoms with van der Waals surface area (Å²) in [6, 6.07) is 9.13. The van der Waals surface area contributed by atoms with E-state index in [-0.39, 0.29) is 6.03 Å². The first-order valence-corrected chi connectivity index (χ1v) is 6.18. The number of amides is 2. The van der Waals surface area contributed by atoms with Gasteiger partial charge in [0.05, 0.1) is 0 Å². The van der Waals surface area contributed by atoms with Crippen molar-refractivity contribution in [1.82, 2.24) is 14.9 Å². The molecule has 0 saturated carbocycles. The van der Waals surface area contributed by atoms with Crippen molar-refractivity contribution in [2.24, 2.45) is 0 Å². The molecular weight excluding hydrogens is 254 g/mol. The van der Waals surface area contributed by atoms with Gasteiger partial charge in [0, 0.05) is 37.2 Å². The molecule has 0 radical (unpaired) electrons. The topological polar surface area (TPSA) is 70.2 Å². The van der Waals surface area contributed by atoms with Crippen molar-refractivity contribution in [2.75, 3.05) is 24.7 Å². The fraction of sp³-hybridized carbons (Fsp3) is 0.214. The quantitative estimate of drug-likeness (QED) is 0.900. The van der Waals surface area contributed by atoms with Gasteiger partial charge in [-0.05, 0) is 25.1 Å². The average molecular weight is 271 g/mol. The lowest BCUT2D eigenvalue weighted by Gasteiger charge is -2.13. The SMILES string of the molecule is Cc1cc(Nc2cccc(NC(=O)N(C)C)c2)ncn1. The van der Waals surface area contributed by atoms with Crippen molar-refractivity contribution >= 4 is 23.2 Å². The van der Waals surface area contributed by atoms with Crippen LogP contribution in [0.4, 0.5) is 22.0 Å². The highest BCUT2D eigenvalue weighted by atomic mass is 16.2. The predicted octanol–water partition coefficient (Wildman–Crippen LogP) is 2.62. The van der Waals surface area contributed by atoms with Crippen molar-refractivity contribution in [1.29, 1.82) is 0 Å². The van der Waals surface area contributed by atoms with Gasteiger partial charge in [-0.1, -0.05) is 6.07 Å². The summed E-state index contributed by atoms with van der Waals surface area (Å²) in [5.41, 5.74) is 2.46. The van der Waals surface area contributed by atoms with E-state index in [9.17, 15) is 4.79 Å². The van der Waals surface area contributed by atoms with Crippen LogP contribution in [-0.2, 0) is 0 Å². The Hall–Kier alpha value is -2.63. The van der Waals surface area contributed by atoms with Gasteiger partial charge < -0.3 is 15.5 Å². The molecule has 0 bridgehead atoms. The van der Waals surface area contributed by atoms with Gasteiger partial charge in [0.2, 0.25) is 0 Å². The zero-order chi connectivity index (χ0) is 14.5. The van der Waals surface area contributed by atoms with Crippen LogP contribution in [0.15, 0.2) is 36.7 Å². The van der Waals surface area contributed by atoms with E-state index in [2.05, 4.69) is 20.6 Å². The number of carbonyl (C=O) groups is 1. The number of carbonyl (C=O) groups excluding carboxylic acids is 1. The predicted molar refractivity (Wildman–Crippen MR) is 79.2 cm³/mol. The Morgan fingerprint density at radius 1 is 1.15 bits per heavy atom. The summed E-state index contributed by atoms with van der Waals surface area (Å²) < 4.78 is 0. The minimum atomic E-state index is -0.167. The number of nitrogens with zero attached hydrogens (tertiary/aromatic N) is 3. The van der Waals surface area contributed by atoms with Crippen LogP contribution in [0, 0.1) is 6.92 Å². The molecule has 1 aromatic heterocycles. The van der Waals surface area contributed by atoms with Crippen molar-refractivity contribution in [3.05, 3.63) is 42.4 Å². The Kier molecular flexibility index (Phi) is 4.14. The summed E-state index contributed by atoms with van der Waals surface area (Å²) >= 11 is 0. The van der Waals surface area contributed by atoms with Gasteiger partial charge in [0.15, 0.2) is 0 Å². The standard InChI is InChI=1S/C14H17N5O/c1-10-7-13(16-9-15-10)17-11-5-4-6-12(8-11)18-14(20)19(2)3/h4-9H,1-3H3,(H,18,20)(H,15,16,17). The monoisotopic (exact) mass is 271 g/mol. The van der Waals surface area contributed by atoms with Crippen LogP contribution in [-0.4, -0.2) is 35.0 Å². The van der Waals surface area contributed by atoms with Crippen LogP contribution in [0.1, 0.15) is 5.69 Å². The first kappa shape index (κ1) is 13.8. The molecule has 1 aromatic carbocycles. The van der Waals surface area contributed by atoms with Gasteiger partial charge in [0.1, 0.15) is 12.1 Å². The van der Waals surface area contributed by atoms with Gasteiger partial charge in [0.25, 0.3) is 0 Å². The highest BCUT2D eigenvalue weighted by Gasteiger charge is 2.04. The normalized spacial score (nSPS) is 9.95. The molecule has 0 aliphatic heterocycles. The lowest BCUT2D eigenvalue weighted by molar-refractivity contribution is 0.230. The maximum Gasteiger partial charge on any atom is 0.321 e. The first-order valence-electron chi connectivity index (χ1n) is 6.18. The molecule has 0 atom stereocenters. The van der Waals surface area contributed by atoms with E-state index in [1.165, 1.54) is 11.2 Å². The average Bonchev–Trinajstić information content (AvgIpc) is 2.39. The zero-order valence-electron chi connectivity index (χ0n) is 11.7. The Morgan fingerprint density at radius 2 is 1.90 bits per heavy atom. The largest absolute Gasteiger partial charge is 0.340 e. The van der Waals surface area contributed by atoms with Crippen LogP contribution < -0.4 is 10.6 Å². The van der Waals surface area contributed by atoms with E-state index < -0.39 is 0 Å². The van der Waals surface area contributed by atoms with Crippen molar-refractivity contribution in [3.63, 3.8) is 0 Å². The molecule has 6 nitrogen and oxygen atoms in total. The molecule has 20 heavy (non-hydrogen) atoms. The second-order valence-electron chi connectivity index (χ2n) is 4.58. The van der Waals surface area contributed by atoms with Crippen LogP contribution in [0.3, 0.4) is 0 Å². The van der Waals surface area contributed by atoms with Crippen LogP contribution in [0.25, 0.3) is 0 Å². The van der Waals surface area contributed by atoms with Gasteiger partial charge in [-0.2, -0.15) is 0 Å². The van der Waals surface area contributed by atoms with Crippen molar-refractivity contribution < 1.29 is 4.79 Å². The number of hydrogen-bond donors (Lipinski definition) is 2. The molecule has 6 heteroatoms. The third-order valence-corrected chi connectivity index (χ3v) is 2.60. The summed E-state index contributed by atoms with van der Waals surface area (Å²) in [6.07, 6.45) is 1.51. The fourth-order valence-electron chi connectivity index (χ4n) is 1.58. The van der Waals surface area contributed by atoms with E-state index in [1.807, 2.05) is 37.3 Å². The van der Waals surface area contributed by atoms with E-state index in [4.69, 9.17) is 0 Å². The molecule has 1 heterocycles. The van der Waals surface area contributed by atoms with Gasteiger partial charge in [-0.3, -0.25) is 0 Å². The van der Waals surface area contributed by atoms with Crippen LogP contribution in [0.5, 0.6) is 0 Å². The lowest BCUT2D eigenvalue weighted by Crippen LogP contribution is -2.27. The molecule has 0 fully saturated rings. The van der Waals surface area contributed by atoms with Crippen molar-refractivity contribution in [2.45, 2.75) is 6.92 Å². The Morgan fingerprint density at radius 3 is 2.60 bits per heavy atom. The number of nitrogens with one attached hydrogen (secondary N) is 2. The number of urea groups is 1. The lowest BCUT2D eigenvalue weighted by atomic mass is 10.2. The molecule has 2 N–H and O–H groups in total. The second kappa shape index (κ2) is 6.01. The van der Waals surface area contributed by atoms with E-state index in [0.717, 1.165) is 17.1 Å². The molecule has 0 unspecified atom stereocenters. The van der Waals surface area contributed by atoms with E-state index >= 15 is 0 Å². The Bertz CT molecular complexity index is 612. The van der Waals surface area contributed by atoms with E-state index in [0.29, 0.717) is 5.82 Å². The summed E-state index contributed by atoms with van der Waals surface area (Å²) in [5, 5.41) is 5.96. The minimum Gasteiger partial charge on any atom is -0.340 e. The first-order chi connectivity index (χ1) is 9.54. The third-order valence-electron chi connectivity index (χ3n) is 2.60. The maximum atomic E-state index is 11.6. The third kappa shape index (κ3) is 3.68. The van der Waals surface area contributed by atoms with Crippen LogP contribution >= 0.6 is 0 Å². The molecule has 0 spiro atoms. The highest BCUT2D eigenvalue weighted by Crippen LogP contribution is 2.19. The molecule has 0 saturated heterocycles. The molecule has 104 valence electrons. The number of benzene rings is 1.